The molecule has 9 heteroatoms. The maximum absolute atomic E-state index is 12.7. The van der Waals surface area contributed by atoms with Crippen molar-refractivity contribution in [3.05, 3.63) is 30.3 Å². The van der Waals surface area contributed by atoms with Gasteiger partial charge in [0, 0.05) is 65.0 Å². The number of piperazine rings is 1. The van der Waals surface area contributed by atoms with Crippen LogP contribution in [0.25, 0.3) is 0 Å². The zero-order chi connectivity index (χ0) is 21.2. The molecule has 0 spiro atoms. The van der Waals surface area contributed by atoms with Crippen molar-refractivity contribution in [1.82, 2.24) is 15.1 Å². The van der Waals surface area contributed by atoms with E-state index in [4.69, 9.17) is 9.47 Å². The van der Waals surface area contributed by atoms with Crippen molar-refractivity contribution < 1.29 is 14.3 Å². The fraction of sp³-hybridized carbons (Fsp3) is 0.636. The number of halogens is 1. The Bertz CT molecular complexity index is 683. The van der Waals surface area contributed by atoms with Crippen molar-refractivity contribution in [3.63, 3.8) is 0 Å². The second-order valence-electron chi connectivity index (χ2n) is 7.77. The van der Waals surface area contributed by atoms with Gasteiger partial charge in [0.25, 0.3) is 0 Å². The van der Waals surface area contributed by atoms with E-state index in [2.05, 4.69) is 44.4 Å². The van der Waals surface area contributed by atoms with Crippen LogP contribution >= 0.6 is 24.0 Å². The van der Waals surface area contributed by atoms with Gasteiger partial charge in [-0.3, -0.25) is 9.79 Å². The van der Waals surface area contributed by atoms with Crippen molar-refractivity contribution in [2.24, 2.45) is 10.9 Å². The van der Waals surface area contributed by atoms with Crippen LogP contribution in [0.3, 0.4) is 0 Å². The maximum atomic E-state index is 12.7. The van der Waals surface area contributed by atoms with E-state index in [1.54, 1.807) is 14.2 Å². The summed E-state index contributed by atoms with van der Waals surface area (Å²) in [6.45, 7) is 7.33. The Kier molecular flexibility index (Phi) is 11.4. The second-order valence-corrected chi connectivity index (χ2v) is 7.77. The van der Waals surface area contributed by atoms with Gasteiger partial charge in [-0.1, -0.05) is 18.2 Å². The molecule has 174 valence electrons. The first kappa shape index (κ1) is 25.7. The highest BCUT2D eigenvalue weighted by Gasteiger charge is 2.26. The van der Waals surface area contributed by atoms with Gasteiger partial charge in [0.1, 0.15) is 0 Å². The van der Waals surface area contributed by atoms with Crippen LogP contribution in [-0.4, -0.2) is 101 Å². The Hall–Kier alpha value is -1.59. The third-order valence-corrected chi connectivity index (χ3v) is 5.73. The lowest BCUT2D eigenvalue weighted by Crippen LogP contribution is -2.52. The third-order valence-electron chi connectivity index (χ3n) is 5.73. The number of likely N-dealkylation sites (tertiary alicyclic amines) is 1. The van der Waals surface area contributed by atoms with E-state index < -0.39 is 0 Å². The molecule has 1 amide bonds. The van der Waals surface area contributed by atoms with Gasteiger partial charge in [0.05, 0.1) is 26.4 Å². The van der Waals surface area contributed by atoms with Gasteiger partial charge in [0.2, 0.25) is 5.91 Å². The number of benzene rings is 1. The standard InChI is InChI=1S/C22H35N5O3.HI/c1-23-22(27-9-8-19(17-27)18-30-15-14-29-2)24-16-21(28)26-12-10-25(11-13-26)20-6-4-3-5-7-20;/h3-7,19H,8-18H2,1-2H3,(H,23,24);1H. The number of para-hydroxylation sites is 1. The Morgan fingerprint density at radius 2 is 1.84 bits per heavy atom. The molecule has 0 aromatic heterocycles. The minimum Gasteiger partial charge on any atom is -0.382 e. The van der Waals surface area contributed by atoms with Gasteiger partial charge in [-0.05, 0) is 18.6 Å². The zero-order valence-corrected chi connectivity index (χ0v) is 21.0. The number of guanidine groups is 1. The van der Waals surface area contributed by atoms with Crippen molar-refractivity contribution >= 4 is 41.5 Å². The molecule has 2 heterocycles. The quantitative estimate of drug-likeness (QED) is 0.231. The molecule has 31 heavy (non-hydrogen) atoms. The summed E-state index contributed by atoms with van der Waals surface area (Å²) in [5.41, 5.74) is 1.22. The van der Waals surface area contributed by atoms with Gasteiger partial charge in [-0.15, -0.1) is 24.0 Å². The molecule has 0 radical (unpaired) electrons. The molecule has 0 bridgehead atoms. The Morgan fingerprint density at radius 3 is 2.52 bits per heavy atom. The Balaban J connectivity index is 0.00000341. The SMILES string of the molecule is CN=C(NCC(=O)N1CCN(c2ccccc2)CC1)N1CCC(COCCOC)C1.I. The van der Waals surface area contributed by atoms with Crippen LogP contribution < -0.4 is 10.2 Å². The van der Waals surface area contributed by atoms with Crippen LogP contribution in [0.5, 0.6) is 0 Å². The minimum absolute atomic E-state index is 0. The highest BCUT2D eigenvalue weighted by molar-refractivity contribution is 14.0. The molecule has 3 rings (SSSR count). The molecule has 2 aliphatic heterocycles. The van der Waals surface area contributed by atoms with Crippen LogP contribution in [0.4, 0.5) is 5.69 Å². The predicted octanol–water partition coefficient (Wildman–Crippen LogP) is 1.51. The average Bonchev–Trinajstić information content (AvgIpc) is 3.26. The number of methoxy groups -OCH3 is 1. The maximum Gasteiger partial charge on any atom is 0.242 e. The van der Waals surface area contributed by atoms with Crippen molar-refractivity contribution in [3.8, 4) is 0 Å². The van der Waals surface area contributed by atoms with E-state index in [1.165, 1.54) is 5.69 Å². The Morgan fingerprint density at radius 1 is 1.10 bits per heavy atom. The lowest BCUT2D eigenvalue weighted by Gasteiger charge is -2.36. The highest BCUT2D eigenvalue weighted by atomic mass is 127. The molecule has 8 nitrogen and oxygen atoms in total. The number of ether oxygens (including phenoxy) is 2. The summed E-state index contributed by atoms with van der Waals surface area (Å²) >= 11 is 0. The predicted molar refractivity (Wildman–Crippen MR) is 134 cm³/mol. The summed E-state index contributed by atoms with van der Waals surface area (Å²) in [5, 5.41) is 3.26. The monoisotopic (exact) mass is 545 g/mol. The number of anilines is 1. The molecule has 2 aliphatic rings. The first-order valence-corrected chi connectivity index (χ1v) is 10.8. The minimum atomic E-state index is 0. The number of aliphatic imine (C=N–C) groups is 1. The molecule has 1 aromatic carbocycles. The topological polar surface area (TPSA) is 69.6 Å². The number of nitrogens with one attached hydrogen (secondary N) is 1. The van der Waals surface area contributed by atoms with E-state index in [0.29, 0.717) is 19.1 Å². The number of carbonyl (C=O) groups excluding carboxylic acids is 1. The first-order valence-electron chi connectivity index (χ1n) is 10.8. The first-order chi connectivity index (χ1) is 14.7. The van der Waals surface area contributed by atoms with Gasteiger partial charge in [-0.25, -0.2) is 0 Å². The van der Waals surface area contributed by atoms with Crippen molar-refractivity contribution in [1.29, 1.82) is 0 Å². The fourth-order valence-electron chi connectivity index (χ4n) is 4.00. The number of carbonyl (C=O) groups is 1. The molecule has 0 aliphatic carbocycles. The summed E-state index contributed by atoms with van der Waals surface area (Å²) in [6.07, 6.45) is 1.07. The van der Waals surface area contributed by atoms with Gasteiger partial charge in [0.15, 0.2) is 5.96 Å². The number of hydrogen-bond donors (Lipinski definition) is 1. The van der Waals surface area contributed by atoms with Crippen LogP contribution in [-0.2, 0) is 14.3 Å². The molecule has 1 unspecified atom stereocenters. The summed E-state index contributed by atoms with van der Waals surface area (Å²) in [4.78, 5) is 23.5. The number of amides is 1. The van der Waals surface area contributed by atoms with Crippen LogP contribution in [0, 0.1) is 5.92 Å². The summed E-state index contributed by atoms with van der Waals surface area (Å²) in [5.74, 6) is 1.41. The Labute approximate surface area is 203 Å². The normalized spacial score (nSPS) is 19.4. The van der Waals surface area contributed by atoms with E-state index >= 15 is 0 Å². The molecule has 1 aromatic rings. The van der Waals surface area contributed by atoms with E-state index in [-0.39, 0.29) is 36.4 Å². The summed E-state index contributed by atoms with van der Waals surface area (Å²) < 4.78 is 10.7. The summed E-state index contributed by atoms with van der Waals surface area (Å²) in [7, 11) is 3.45. The molecular weight excluding hydrogens is 509 g/mol. The average molecular weight is 545 g/mol. The molecular formula is C22H36IN5O3. The van der Waals surface area contributed by atoms with Crippen molar-refractivity contribution in [2.45, 2.75) is 6.42 Å². The van der Waals surface area contributed by atoms with E-state index in [0.717, 1.165) is 58.3 Å². The van der Waals surface area contributed by atoms with Gasteiger partial charge >= 0.3 is 0 Å². The molecule has 1 N–H and O–H groups in total. The fourth-order valence-corrected chi connectivity index (χ4v) is 4.00. The van der Waals surface area contributed by atoms with E-state index in [9.17, 15) is 4.79 Å². The molecule has 2 fully saturated rings. The molecule has 0 saturated carbocycles. The van der Waals surface area contributed by atoms with Crippen LogP contribution in [0.15, 0.2) is 35.3 Å². The molecule has 1 atom stereocenters. The van der Waals surface area contributed by atoms with E-state index in [1.807, 2.05) is 11.0 Å². The molecule has 2 saturated heterocycles. The smallest absolute Gasteiger partial charge is 0.242 e. The lowest BCUT2D eigenvalue weighted by molar-refractivity contribution is -0.130. The largest absolute Gasteiger partial charge is 0.382 e. The zero-order valence-electron chi connectivity index (χ0n) is 18.7. The number of nitrogens with zero attached hydrogens (tertiary/aromatic N) is 4. The van der Waals surface area contributed by atoms with Gasteiger partial charge in [-0.2, -0.15) is 0 Å². The highest BCUT2D eigenvalue weighted by Crippen LogP contribution is 2.17. The van der Waals surface area contributed by atoms with Crippen LogP contribution in [0.2, 0.25) is 0 Å². The van der Waals surface area contributed by atoms with Gasteiger partial charge < -0.3 is 29.5 Å². The number of hydrogen-bond acceptors (Lipinski definition) is 5. The van der Waals surface area contributed by atoms with Crippen molar-refractivity contribution in [2.75, 3.05) is 84.7 Å². The second kappa shape index (κ2) is 13.7. The summed E-state index contributed by atoms with van der Waals surface area (Å²) in [6, 6.07) is 10.4. The van der Waals surface area contributed by atoms with Crippen LogP contribution in [0.1, 0.15) is 6.42 Å². The third kappa shape index (κ3) is 7.80. The lowest BCUT2D eigenvalue weighted by atomic mass is 10.1. The number of rotatable bonds is 8.